The summed E-state index contributed by atoms with van der Waals surface area (Å²) < 4.78 is 0. The summed E-state index contributed by atoms with van der Waals surface area (Å²) in [5.74, 6) is 0.184. The highest BCUT2D eigenvalue weighted by Crippen LogP contribution is 2.15. The third-order valence-electron chi connectivity index (χ3n) is 3.93. The maximum absolute atomic E-state index is 12.1. The van der Waals surface area contributed by atoms with Gasteiger partial charge in [0.2, 0.25) is 5.91 Å². The van der Waals surface area contributed by atoms with Crippen molar-refractivity contribution < 1.29 is 4.79 Å². The fraction of sp³-hybridized carbons (Fsp3) is 0.562. The van der Waals surface area contributed by atoms with Crippen molar-refractivity contribution in [2.24, 2.45) is 0 Å². The number of carbonyl (C=O) groups is 1. The Morgan fingerprint density at radius 1 is 1.35 bits per heavy atom. The van der Waals surface area contributed by atoms with Crippen LogP contribution in [0, 0.1) is 0 Å². The molecule has 0 saturated carbocycles. The molecule has 0 bridgehead atoms. The van der Waals surface area contributed by atoms with Crippen LogP contribution in [0.25, 0.3) is 0 Å². The van der Waals surface area contributed by atoms with Crippen LogP contribution in [-0.2, 0) is 11.2 Å². The van der Waals surface area contributed by atoms with Gasteiger partial charge in [0.1, 0.15) is 0 Å². The molecule has 4 heteroatoms. The largest absolute Gasteiger partial charge is 0.355 e. The maximum Gasteiger partial charge on any atom is 0.237 e. The number of rotatable bonds is 5. The van der Waals surface area contributed by atoms with Gasteiger partial charge in [0.05, 0.1) is 6.04 Å². The number of benzene rings is 1. The van der Waals surface area contributed by atoms with E-state index >= 15 is 0 Å². The van der Waals surface area contributed by atoms with Gasteiger partial charge < -0.3 is 5.32 Å². The first-order chi connectivity index (χ1) is 9.66. The minimum atomic E-state index is 0.0688. The molecule has 1 amide bonds. The molecule has 1 aromatic carbocycles. The second-order valence-corrected chi connectivity index (χ2v) is 5.95. The number of hydrogen-bond acceptors (Lipinski definition) is 2. The van der Waals surface area contributed by atoms with Crippen LogP contribution in [0.5, 0.6) is 0 Å². The highest BCUT2D eigenvalue weighted by atomic mass is 35.5. The van der Waals surface area contributed by atoms with Gasteiger partial charge in [-0.25, -0.2) is 0 Å². The molecular weight excluding hydrogens is 272 g/mol. The van der Waals surface area contributed by atoms with E-state index in [0.29, 0.717) is 0 Å². The van der Waals surface area contributed by atoms with E-state index < -0.39 is 0 Å². The Morgan fingerprint density at radius 2 is 2.10 bits per heavy atom. The molecule has 0 aromatic heterocycles. The molecule has 1 aliphatic heterocycles. The Kier molecular flexibility index (Phi) is 5.86. The first kappa shape index (κ1) is 15.3. The van der Waals surface area contributed by atoms with E-state index in [-0.39, 0.29) is 11.9 Å². The average Bonchev–Trinajstić information content (AvgIpc) is 2.46. The van der Waals surface area contributed by atoms with Crippen LogP contribution < -0.4 is 5.32 Å². The molecule has 1 aliphatic rings. The molecule has 110 valence electrons. The predicted octanol–water partition coefficient (Wildman–Crippen LogP) is 2.87. The second-order valence-electron chi connectivity index (χ2n) is 5.51. The maximum atomic E-state index is 12.1. The Balaban J connectivity index is 1.67. The van der Waals surface area contributed by atoms with Gasteiger partial charge in [0, 0.05) is 11.6 Å². The Labute approximate surface area is 126 Å². The minimum Gasteiger partial charge on any atom is -0.355 e. The van der Waals surface area contributed by atoms with Crippen molar-refractivity contribution in [2.45, 2.75) is 38.1 Å². The quantitative estimate of drug-likeness (QED) is 0.847. The normalized spacial score (nSPS) is 19.8. The number of likely N-dealkylation sites (tertiary alicyclic amines) is 1. The van der Waals surface area contributed by atoms with Crippen molar-refractivity contribution in [3.8, 4) is 0 Å². The van der Waals surface area contributed by atoms with Gasteiger partial charge in [-0.15, -0.1) is 0 Å². The first-order valence-corrected chi connectivity index (χ1v) is 7.77. The highest BCUT2D eigenvalue weighted by molar-refractivity contribution is 6.30. The van der Waals surface area contributed by atoms with Crippen LogP contribution in [0.1, 0.15) is 31.2 Å². The minimum absolute atomic E-state index is 0.0688. The fourth-order valence-electron chi connectivity index (χ4n) is 2.68. The summed E-state index contributed by atoms with van der Waals surface area (Å²) in [5, 5.41) is 3.82. The van der Waals surface area contributed by atoms with Crippen molar-refractivity contribution in [2.75, 3.05) is 20.1 Å². The van der Waals surface area contributed by atoms with Crippen LogP contribution >= 0.6 is 11.6 Å². The van der Waals surface area contributed by atoms with Crippen LogP contribution in [0.15, 0.2) is 24.3 Å². The molecule has 3 nitrogen and oxygen atoms in total. The number of nitrogens with zero attached hydrogens (tertiary/aromatic N) is 1. The lowest BCUT2D eigenvalue weighted by molar-refractivity contribution is -0.127. The number of likely N-dealkylation sites (N-methyl/N-ethyl adjacent to an activating group) is 1. The topological polar surface area (TPSA) is 32.3 Å². The lowest BCUT2D eigenvalue weighted by Crippen LogP contribution is -2.47. The molecular formula is C16H23ClN2O. The van der Waals surface area contributed by atoms with Gasteiger partial charge >= 0.3 is 0 Å². The van der Waals surface area contributed by atoms with Crippen molar-refractivity contribution >= 4 is 17.5 Å². The molecule has 1 N–H and O–H groups in total. The van der Waals surface area contributed by atoms with E-state index in [1.54, 1.807) is 0 Å². The van der Waals surface area contributed by atoms with Crippen molar-refractivity contribution in [3.63, 3.8) is 0 Å². The van der Waals surface area contributed by atoms with Gasteiger partial charge in [0.15, 0.2) is 0 Å². The average molecular weight is 295 g/mol. The molecule has 1 aromatic rings. The molecule has 1 heterocycles. The fourth-order valence-corrected chi connectivity index (χ4v) is 2.81. The van der Waals surface area contributed by atoms with Crippen LogP contribution in [0.2, 0.25) is 5.02 Å². The van der Waals surface area contributed by atoms with E-state index in [1.165, 1.54) is 12.0 Å². The molecule has 0 aliphatic carbocycles. The van der Waals surface area contributed by atoms with Crippen LogP contribution in [-0.4, -0.2) is 37.0 Å². The van der Waals surface area contributed by atoms with E-state index in [2.05, 4.69) is 10.2 Å². The molecule has 0 radical (unpaired) electrons. The van der Waals surface area contributed by atoms with Gasteiger partial charge in [-0.1, -0.05) is 30.2 Å². The number of hydrogen-bond donors (Lipinski definition) is 1. The Morgan fingerprint density at radius 3 is 2.80 bits per heavy atom. The number of carbonyl (C=O) groups excluding carboxylic acids is 1. The third-order valence-corrected chi connectivity index (χ3v) is 4.18. The molecule has 0 unspecified atom stereocenters. The van der Waals surface area contributed by atoms with Gasteiger partial charge in [-0.3, -0.25) is 9.69 Å². The van der Waals surface area contributed by atoms with E-state index in [4.69, 9.17) is 11.6 Å². The monoisotopic (exact) mass is 294 g/mol. The summed E-state index contributed by atoms with van der Waals surface area (Å²) in [4.78, 5) is 14.3. The summed E-state index contributed by atoms with van der Waals surface area (Å²) in [6.45, 7) is 1.77. The second kappa shape index (κ2) is 7.65. The molecule has 0 spiro atoms. The molecule has 20 heavy (non-hydrogen) atoms. The zero-order chi connectivity index (χ0) is 14.4. The summed E-state index contributed by atoms with van der Waals surface area (Å²) in [7, 11) is 2.04. The Hall–Kier alpha value is -1.06. The van der Waals surface area contributed by atoms with Crippen LogP contribution in [0.3, 0.4) is 0 Å². The number of halogens is 1. The predicted molar refractivity (Wildman–Crippen MR) is 83.1 cm³/mol. The molecule has 1 saturated heterocycles. The van der Waals surface area contributed by atoms with Crippen molar-refractivity contribution in [3.05, 3.63) is 34.9 Å². The van der Waals surface area contributed by atoms with Gasteiger partial charge in [-0.05, 0) is 57.0 Å². The standard InChI is InChI=1S/C16H23ClN2O/c1-19-12-3-2-6-15(19)16(20)18-11-4-5-13-7-9-14(17)10-8-13/h7-10,15H,2-6,11-12H2,1H3,(H,18,20)/t15-/m1/s1. The first-order valence-electron chi connectivity index (χ1n) is 7.39. The van der Waals surface area contributed by atoms with Gasteiger partial charge in [0.25, 0.3) is 0 Å². The number of piperidine rings is 1. The molecule has 1 fully saturated rings. The van der Waals surface area contributed by atoms with E-state index in [9.17, 15) is 4.79 Å². The number of nitrogens with one attached hydrogen (secondary N) is 1. The van der Waals surface area contributed by atoms with Gasteiger partial charge in [-0.2, -0.15) is 0 Å². The lowest BCUT2D eigenvalue weighted by atomic mass is 10.0. The summed E-state index contributed by atoms with van der Waals surface area (Å²) >= 11 is 5.85. The summed E-state index contributed by atoms with van der Waals surface area (Å²) in [6, 6.07) is 7.97. The lowest BCUT2D eigenvalue weighted by Gasteiger charge is -2.31. The SMILES string of the molecule is CN1CCCC[C@@H]1C(=O)NCCCc1ccc(Cl)cc1. The third kappa shape index (κ3) is 4.50. The molecule has 2 rings (SSSR count). The number of aryl methyl sites for hydroxylation is 1. The number of amides is 1. The van der Waals surface area contributed by atoms with Crippen LogP contribution in [0.4, 0.5) is 0 Å². The zero-order valence-corrected chi connectivity index (χ0v) is 12.8. The highest BCUT2D eigenvalue weighted by Gasteiger charge is 2.25. The van der Waals surface area contributed by atoms with Crippen molar-refractivity contribution in [1.82, 2.24) is 10.2 Å². The zero-order valence-electron chi connectivity index (χ0n) is 12.1. The Bertz CT molecular complexity index is 433. The summed E-state index contributed by atoms with van der Waals surface area (Å²) in [5.41, 5.74) is 1.26. The van der Waals surface area contributed by atoms with Crippen molar-refractivity contribution in [1.29, 1.82) is 0 Å². The smallest absolute Gasteiger partial charge is 0.237 e. The summed E-state index contributed by atoms with van der Waals surface area (Å²) in [6.07, 6.45) is 5.28. The molecule has 1 atom stereocenters. The van der Waals surface area contributed by atoms with E-state index in [1.807, 2.05) is 31.3 Å². The van der Waals surface area contributed by atoms with E-state index in [0.717, 1.165) is 43.8 Å².